The first-order chi connectivity index (χ1) is 16.2. The first-order valence-corrected chi connectivity index (χ1v) is 12.2. The van der Waals surface area contributed by atoms with E-state index in [4.69, 9.17) is 11.6 Å². The minimum absolute atomic E-state index is 0.471. The number of halogens is 1. The molecule has 0 spiro atoms. The van der Waals surface area contributed by atoms with Crippen molar-refractivity contribution in [1.82, 2.24) is 15.0 Å². The molecule has 166 valence electrons. The molecule has 0 saturated heterocycles. The molecule has 0 radical (unpaired) electrons. The Morgan fingerprint density at radius 3 is 2.55 bits per heavy atom. The minimum atomic E-state index is 0.471. The zero-order valence-electron chi connectivity index (χ0n) is 18.2. The van der Waals surface area contributed by atoms with Gasteiger partial charge < -0.3 is 10.6 Å². The second-order valence-electron chi connectivity index (χ2n) is 7.34. The van der Waals surface area contributed by atoms with E-state index < -0.39 is 0 Å². The van der Waals surface area contributed by atoms with Crippen LogP contribution in [0.15, 0.2) is 66.0 Å². The molecular weight excluding hydrogens is 452 g/mol. The number of hydrogen-bond donors (Lipinski definition) is 2. The van der Waals surface area contributed by atoms with Crippen LogP contribution in [0.2, 0.25) is 5.02 Å². The molecule has 0 amide bonds. The summed E-state index contributed by atoms with van der Waals surface area (Å²) in [5.74, 6) is 0.584. The standard InChI is InChI=1S/C25H23ClN6S/c1-33-25-31-23(17-7-3-2-4-8-17)20(16-27)24(32-25)30-13-6-5-12-28-21-11-14-29-22-15-18(26)9-10-19(21)22/h2-4,7-11,14-15H,5-6,12-13H2,1H3,(H,28,29)(H,30,31,32). The van der Waals surface area contributed by atoms with Gasteiger partial charge in [0.2, 0.25) is 0 Å². The van der Waals surface area contributed by atoms with Crippen LogP contribution in [0, 0.1) is 11.3 Å². The molecule has 0 bridgehead atoms. The summed E-state index contributed by atoms with van der Waals surface area (Å²) in [6.45, 7) is 1.53. The van der Waals surface area contributed by atoms with Crippen molar-refractivity contribution in [3.8, 4) is 17.3 Å². The topological polar surface area (TPSA) is 86.5 Å². The SMILES string of the molecule is CSc1nc(NCCCCNc2ccnc3cc(Cl)ccc23)c(C#N)c(-c2ccccc2)n1. The van der Waals surface area contributed by atoms with Gasteiger partial charge in [0.1, 0.15) is 17.5 Å². The Morgan fingerprint density at radius 1 is 1.00 bits per heavy atom. The van der Waals surface area contributed by atoms with E-state index in [1.54, 1.807) is 6.20 Å². The van der Waals surface area contributed by atoms with Gasteiger partial charge in [-0.05, 0) is 43.4 Å². The van der Waals surface area contributed by atoms with Crippen molar-refractivity contribution in [3.05, 3.63) is 71.4 Å². The Bertz CT molecular complexity index is 1290. The van der Waals surface area contributed by atoms with Gasteiger partial charge in [0.25, 0.3) is 0 Å². The molecule has 0 aliphatic heterocycles. The van der Waals surface area contributed by atoms with Crippen LogP contribution < -0.4 is 10.6 Å². The summed E-state index contributed by atoms with van der Waals surface area (Å²) in [6.07, 6.45) is 5.60. The van der Waals surface area contributed by atoms with E-state index in [1.807, 2.05) is 60.9 Å². The molecular formula is C25H23ClN6S. The summed E-state index contributed by atoms with van der Waals surface area (Å²) >= 11 is 7.53. The van der Waals surface area contributed by atoms with Gasteiger partial charge in [-0.2, -0.15) is 5.26 Å². The number of thioether (sulfide) groups is 1. The zero-order valence-corrected chi connectivity index (χ0v) is 19.7. The van der Waals surface area contributed by atoms with Crippen LogP contribution in [0.5, 0.6) is 0 Å². The quantitative estimate of drug-likeness (QED) is 0.168. The lowest BCUT2D eigenvalue weighted by Gasteiger charge is -2.13. The van der Waals surface area contributed by atoms with Crippen LogP contribution in [0.4, 0.5) is 11.5 Å². The van der Waals surface area contributed by atoms with Gasteiger partial charge in [-0.15, -0.1) is 0 Å². The predicted octanol–water partition coefficient (Wildman–Crippen LogP) is 6.24. The van der Waals surface area contributed by atoms with Crippen LogP contribution in [0.3, 0.4) is 0 Å². The lowest BCUT2D eigenvalue weighted by molar-refractivity contribution is 0.790. The van der Waals surface area contributed by atoms with Gasteiger partial charge in [-0.1, -0.05) is 53.7 Å². The van der Waals surface area contributed by atoms with E-state index in [9.17, 15) is 5.26 Å². The van der Waals surface area contributed by atoms with Crippen LogP contribution in [0.1, 0.15) is 18.4 Å². The Hall–Kier alpha value is -3.34. The number of anilines is 2. The van der Waals surface area contributed by atoms with Gasteiger partial charge in [-0.25, -0.2) is 9.97 Å². The Labute approximate surface area is 202 Å². The molecule has 2 N–H and O–H groups in total. The number of unbranched alkanes of at least 4 members (excludes halogenated alkanes) is 1. The number of rotatable bonds is 9. The van der Waals surface area contributed by atoms with Crippen molar-refractivity contribution in [2.24, 2.45) is 0 Å². The third-order valence-corrected chi connectivity index (χ3v) is 5.93. The largest absolute Gasteiger partial charge is 0.384 e. The van der Waals surface area contributed by atoms with Gasteiger partial charge in [0.15, 0.2) is 5.16 Å². The average molecular weight is 475 g/mol. The fraction of sp³-hybridized carbons (Fsp3) is 0.200. The van der Waals surface area contributed by atoms with Crippen molar-refractivity contribution in [3.63, 3.8) is 0 Å². The van der Waals surface area contributed by atoms with E-state index in [0.717, 1.165) is 41.5 Å². The second-order valence-corrected chi connectivity index (χ2v) is 8.55. The number of fused-ring (bicyclic) bond motifs is 1. The average Bonchev–Trinajstić information content (AvgIpc) is 2.85. The number of nitriles is 1. The molecule has 0 saturated carbocycles. The first-order valence-electron chi connectivity index (χ1n) is 10.6. The highest BCUT2D eigenvalue weighted by molar-refractivity contribution is 7.98. The van der Waals surface area contributed by atoms with Crippen molar-refractivity contribution in [2.45, 2.75) is 18.0 Å². The van der Waals surface area contributed by atoms with E-state index in [0.29, 0.717) is 33.8 Å². The normalized spacial score (nSPS) is 10.7. The maximum absolute atomic E-state index is 9.79. The monoisotopic (exact) mass is 474 g/mol. The molecule has 6 nitrogen and oxygen atoms in total. The number of hydrogen-bond acceptors (Lipinski definition) is 7. The van der Waals surface area contributed by atoms with E-state index in [-0.39, 0.29) is 0 Å². The number of nitrogens with zero attached hydrogens (tertiary/aromatic N) is 4. The highest BCUT2D eigenvalue weighted by atomic mass is 35.5. The summed E-state index contributed by atoms with van der Waals surface area (Å²) in [5, 5.41) is 19.0. The molecule has 2 aromatic heterocycles. The first kappa shape index (κ1) is 22.8. The lowest BCUT2D eigenvalue weighted by atomic mass is 10.1. The summed E-state index contributed by atoms with van der Waals surface area (Å²) in [6, 6.07) is 19.7. The van der Waals surface area contributed by atoms with Crippen LogP contribution in [-0.2, 0) is 0 Å². The third-order valence-electron chi connectivity index (χ3n) is 5.15. The molecule has 2 heterocycles. The van der Waals surface area contributed by atoms with Gasteiger partial charge in [0.05, 0.1) is 11.2 Å². The fourth-order valence-corrected chi connectivity index (χ4v) is 4.06. The van der Waals surface area contributed by atoms with E-state index in [2.05, 4.69) is 31.7 Å². The van der Waals surface area contributed by atoms with Crippen molar-refractivity contribution >= 4 is 45.8 Å². The maximum Gasteiger partial charge on any atom is 0.189 e. The van der Waals surface area contributed by atoms with Crippen molar-refractivity contribution < 1.29 is 0 Å². The molecule has 0 aliphatic rings. The Morgan fingerprint density at radius 2 is 1.79 bits per heavy atom. The van der Waals surface area contributed by atoms with E-state index >= 15 is 0 Å². The second kappa shape index (κ2) is 11.0. The Balaban J connectivity index is 1.37. The van der Waals surface area contributed by atoms with Crippen molar-refractivity contribution in [2.75, 3.05) is 30.0 Å². The predicted molar refractivity (Wildman–Crippen MR) is 137 cm³/mol. The molecule has 0 atom stereocenters. The minimum Gasteiger partial charge on any atom is -0.384 e. The van der Waals surface area contributed by atoms with Crippen LogP contribution >= 0.6 is 23.4 Å². The van der Waals surface area contributed by atoms with E-state index in [1.165, 1.54) is 11.8 Å². The number of nitrogens with one attached hydrogen (secondary N) is 2. The number of benzene rings is 2. The van der Waals surface area contributed by atoms with Crippen LogP contribution in [0.25, 0.3) is 22.2 Å². The molecule has 2 aromatic carbocycles. The fourth-order valence-electron chi connectivity index (χ4n) is 3.53. The van der Waals surface area contributed by atoms with Crippen LogP contribution in [-0.4, -0.2) is 34.3 Å². The Kier molecular flexibility index (Phi) is 7.61. The highest BCUT2D eigenvalue weighted by Crippen LogP contribution is 2.28. The van der Waals surface area contributed by atoms with Crippen molar-refractivity contribution in [1.29, 1.82) is 5.26 Å². The van der Waals surface area contributed by atoms with Gasteiger partial charge in [-0.3, -0.25) is 4.98 Å². The summed E-state index contributed by atoms with van der Waals surface area (Å²) in [4.78, 5) is 13.5. The summed E-state index contributed by atoms with van der Waals surface area (Å²) in [5.41, 5.74) is 3.96. The number of aromatic nitrogens is 3. The molecule has 0 fully saturated rings. The highest BCUT2D eigenvalue weighted by Gasteiger charge is 2.15. The van der Waals surface area contributed by atoms with Gasteiger partial charge >= 0.3 is 0 Å². The molecule has 8 heteroatoms. The third kappa shape index (κ3) is 5.54. The van der Waals surface area contributed by atoms with Gasteiger partial charge in [0, 0.05) is 40.9 Å². The molecule has 4 rings (SSSR count). The molecule has 0 unspecified atom stereocenters. The molecule has 4 aromatic rings. The molecule has 33 heavy (non-hydrogen) atoms. The smallest absolute Gasteiger partial charge is 0.189 e. The number of pyridine rings is 1. The summed E-state index contributed by atoms with van der Waals surface area (Å²) < 4.78 is 0. The zero-order chi connectivity index (χ0) is 23.0. The lowest BCUT2D eigenvalue weighted by Crippen LogP contribution is -2.10. The molecule has 0 aliphatic carbocycles. The summed E-state index contributed by atoms with van der Waals surface area (Å²) in [7, 11) is 0. The maximum atomic E-state index is 9.79.